The number of benzene rings is 2. The maximum absolute atomic E-state index is 12.7. The van der Waals surface area contributed by atoms with Crippen LogP contribution >= 0.6 is 0 Å². The summed E-state index contributed by atoms with van der Waals surface area (Å²) in [5, 5.41) is 13.7. The number of carbonyl (C=O) groups excluding carboxylic acids is 1. The van der Waals surface area contributed by atoms with E-state index in [1.54, 1.807) is 18.2 Å². The molecule has 1 amide bonds. The van der Waals surface area contributed by atoms with Crippen molar-refractivity contribution in [2.45, 2.75) is 26.4 Å². The first-order valence-corrected chi connectivity index (χ1v) is 10.7. The van der Waals surface area contributed by atoms with E-state index in [0.29, 0.717) is 12.4 Å². The Bertz CT molecular complexity index is 993. The summed E-state index contributed by atoms with van der Waals surface area (Å²) in [4.78, 5) is 23.1. The van der Waals surface area contributed by atoms with Crippen molar-refractivity contribution in [3.8, 4) is 5.75 Å². The summed E-state index contributed by atoms with van der Waals surface area (Å²) in [6, 6.07) is 11.2. The van der Waals surface area contributed by atoms with Crippen LogP contribution in [0.2, 0.25) is 0 Å². The highest BCUT2D eigenvalue weighted by atomic mass is 32.2. The van der Waals surface area contributed by atoms with E-state index in [1.165, 1.54) is 25.1 Å². The number of nitro groups is 1. The first-order valence-electron chi connectivity index (χ1n) is 8.87. The molecule has 1 unspecified atom stereocenters. The summed E-state index contributed by atoms with van der Waals surface area (Å²) in [6.45, 7) is 3.88. The molecular formula is C19H23N3O6S. The highest BCUT2D eigenvalue weighted by molar-refractivity contribution is 7.92. The first kappa shape index (κ1) is 22.2. The van der Waals surface area contributed by atoms with Crippen LogP contribution in [0.5, 0.6) is 5.75 Å². The number of amides is 1. The number of nitro benzene ring substituents is 1. The molecule has 0 aromatic heterocycles. The van der Waals surface area contributed by atoms with E-state index in [4.69, 9.17) is 4.74 Å². The second kappa shape index (κ2) is 9.37. The SMILES string of the molecule is CCOc1ccccc1CNC(=O)C(C)N(c1cccc([N+](=O)[O-])c1)S(C)(=O)=O. The largest absolute Gasteiger partial charge is 0.494 e. The molecule has 1 atom stereocenters. The molecule has 2 rings (SSSR count). The Morgan fingerprint density at radius 3 is 2.55 bits per heavy atom. The van der Waals surface area contributed by atoms with Crippen LogP contribution in [0.3, 0.4) is 0 Å². The van der Waals surface area contributed by atoms with Gasteiger partial charge in [-0.15, -0.1) is 0 Å². The number of ether oxygens (including phenoxy) is 1. The molecule has 10 heteroatoms. The number of sulfonamides is 1. The van der Waals surface area contributed by atoms with Gasteiger partial charge in [0.15, 0.2) is 0 Å². The molecule has 0 aliphatic carbocycles. The van der Waals surface area contributed by atoms with Crippen molar-refractivity contribution in [1.29, 1.82) is 0 Å². The fraction of sp³-hybridized carbons (Fsp3) is 0.316. The van der Waals surface area contributed by atoms with Crippen molar-refractivity contribution in [1.82, 2.24) is 5.32 Å². The molecule has 2 aromatic carbocycles. The van der Waals surface area contributed by atoms with Crippen LogP contribution in [0.1, 0.15) is 19.4 Å². The number of non-ortho nitro benzene ring substituents is 1. The summed E-state index contributed by atoms with van der Waals surface area (Å²) in [5.41, 5.74) is 0.518. The second-order valence-corrected chi connectivity index (χ2v) is 8.13. The minimum atomic E-state index is -3.88. The van der Waals surface area contributed by atoms with Crippen molar-refractivity contribution in [2.24, 2.45) is 0 Å². The number of nitrogens with one attached hydrogen (secondary N) is 1. The number of hydrogen-bond acceptors (Lipinski definition) is 6. The van der Waals surface area contributed by atoms with Gasteiger partial charge in [-0.05, 0) is 26.0 Å². The summed E-state index contributed by atoms with van der Waals surface area (Å²) in [7, 11) is -3.88. The average Bonchev–Trinajstić information content (AvgIpc) is 2.66. The zero-order chi connectivity index (χ0) is 21.6. The van der Waals surface area contributed by atoms with Gasteiger partial charge in [-0.1, -0.05) is 24.3 Å². The van der Waals surface area contributed by atoms with Gasteiger partial charge in [0.05, 0.1) is 23.5 Å². The Kier molecular flexibility index (Phi) is 7.16. The predicted molar refractivity (Wildman–Crippen MR) is 109 cm³/mol. The second-order valence-electron chi connectivity index (χ2n) is 6.27. The van der Waals surface area contributed by atoms with Gasteiger partial charge in [0.25, 0.3) is 5.69 Å². The molecule has 0 spiro atoms. The molecule has 0 saturated carbocycles. The Morgan fingerprint density at radius 1 is 1.24 bits per heavy atom. The fourth-order valence-electron chi connectivity index (χ4n) is 2.83. The van der Waals surface area contributed by atoms with Crippen LogP contribution in [-0.4, -0.2) is 38.2 Å². The number of para-hydroxylation sites is 1. The molecule has 9 nitrogen and oxygen atoms in total. The maximum atomic E-state index is 12.7. The van der Waals surface area contributed by atoms with Gasteiger partial charge in [-0.3, -0.25) is 19.2 Å². The average molecular weight is 421 g/mol. The molecule has 0 aliphatic heterocycles. The number of rotatable bonds is 9. The van der Waals surface area contributed by atoms with Crippen LogP contribution < -0.4 is 14.4 Å². The van der Waals surface area contributed by atoms with E-state index < -0.39 is 26.9 Å². The van der Waals surface area contributed by atoms with Gasteiger partial charge < -0.3 is 10.1 Å². The predicted octanol–water partition coefficient (Wildman–Crippen LogP) is 2.46. The zero-order valence-corrected chi connectivity index (χ0v) is 17.2. The normalized spacial score (nSPS) is 12.1. The monoisotopic (exact) mass is 421 g/mol. The molecule has 2 aromatic rings. The molecule has 0 radical (unpaired) electrons. The first-order chi connectivity index (χ1) is 13.6. The quantitative estimate of drug-likeness (QED) is 0.491. The number of carbonyl (C=O) groups is 1. The van der Waals surface area contributed by atoms with Crippen molar-refractivity contribution in [2.75, 3.05) is 17.2 Å². The van der Waals surface area contributed by atoms with Crippen molar-refractivity contribution < 1.29 is 22.9 Å². The van der Waals surface area contributed by atoms with E-state index in [1.807, 2.05) is 13.0 Å². The lowest BCUT2D eigenvalue weighted by Crippen LogP contribution is -2.47. The van der Waals surface area contributed by atoms with Gasteiger partial charge in [0.2, 0.25) is 15.9 Å². The van der Waals surface area contributed by atoms with Crippen LogP contribution in [0, 0.1) is 10.1 Å². The third-order valence-electron chi connectivity index (χ3n) is 4.11. The molecular weight excluding hydrogens is 398 g/mol. The lowest BCUT2D eigenvalue weighted by atomic mass is 10.2. The van der Waals surface area contributed by atoms with Crippen molar-refractivity contribution in [3.63, 3.8) is 0 Å². The Labute approximate surface area is 169 Å². The number of anilines is 1. The molecule has 0 aliphatic rings. The van der Waals surface area contributed by atoms with E-state index in [0.717, 1.165) is 22.2 Å². The molecule has 0 heterocycles. The van der Waals surface area contributed by atoms with Crippen molar-refractivity contribution >= 4 is 27.3 Å². The number of hydrogen-bond donors (Lipinski definition) is 1. The Morgan fingerprint density at radius 2 is 1.93 bits per heavy atom. The van der Waals surface area contributed by atoms with E-state index in [-0.39, 0.29) is 17.9 Å². The summed E-state index contributed by atoms with van der Waals surface area (Å²) in [5.74, 6) is 0.0786. The summed E-state index contributed by atoms with van der Waals surface area (Å²) < 4.78 is 31.0. The van der Waals surface area contributed by atoms with Gasteiger partial charge in [-0.25, -0.2) is 8.42 Å². The lowest BCUT2D eigenvalue weighted by molar-refractivity contribution is -0.384. The summed E-state index contributed by atoms with van der Waals surface area (Å²) in [6.07, 6.45) is 0.944. The van der Waals surface area contributed by atoms with E-state index in [2.05, 4.69) is 5.32 Å². The Hall–Kier alpha value is -3.14. The minimum Gasteiger partial charge on any atom is -0.494 e. The van der Waals surface area contributed by atoms with E-state index >= 15 is 0 Å². The standard InChI is InChI=1S/C19H23N3O6S/c1-4-28-18-11-6-5-8-15(18)13-20-19(23)14(2)21(29(3,26)27)16-9-7-10-17(12-16)22(24)25/h5-12,14H,4,13H2,1-3H3,(H,20,23). The minimum absolute atomic E-state index is 0.0408. The van der Waals surface area contributed by atoms with E-state index in [9.17, 15) is 23.3 Å². The van der Waals surface area contributed by atoms with Crippen LogP contribution in [0.25, 0.3) is 0 Å². The van der Waals surface area contributed by atoms with Crippen molar-refractivity contribution in [3.05, 3.63) is 64.2 Å². The molecule has 0 fully saturated rings. The summed E-state index contributed by atoms with van der Waals surface area (Å²) >= 11 is 0. The maximum Gasteiger partial charge on any atom is 0.271 e. The topological polar surface area (TPSA) is 119 Å². The van der Waals surface area contributed by atoms with Crippen LogP contribution in [0.4, 0.5) is 11.4 Å². The molecule has 156 valence electrons. The zero-order valence-electron chi connectivity index (χ0n) is 16.4. The molecule has 0 bridgehead atoms. The highest BCUT2D eigenvalue weighted by Crippen LogP contribution is 2.25. The van der Waals surface area contributed by atoms with Gasteiger partial charge in [0.1, 0.15) is 11.8 Å². The van der Waals surface area contributed by atoms with Gasteiger partial charge in [0, 0.05) is 24.2 Å². The van der Waals surface area contributed by atoms with Crippen LogP contribution in [0.15, 0.2) is 48.5 Å². The van der Waals surface area contributed by atoms with Gasteiger partial charge in [-0.2, -0.15) is 0 Å². The number of nitrogens with zero attached hydrogens (tertiary/aromatic N) is 2. The highest BCUT2D eigenvalue weighted by Gasteiger charge is 2.30. The molecule has 0 saturated heterocycles. The smallest absolute Gasteiger partial charge is 0.271 e. The van der Waals surface area contributed by atoms with Gasteiger partial charge >= 0.3 is 0 Å². The van der Waals surface area contributed by atoms with Crippen LogP contribution in [-0.2, 0) is 21.4 Å². The lowest BCUT2D eigenvalue weighted by Gasteiger charge is -2.28. The molecule has 1 N–H and O–H groups in total. The fourth-order valence-corrected chi connectivity index (χ4v) is 4.00. The third-order valence-corrected chi connectivity index (χ3v) is 5.35. The Balaban J connectivity index is 2.24. The third kappa shape index (κ3) is 5.67. The molecule has 29 heavy (non-hydrogen) atoms.